The smallest absolute Gasteiger partial charge is 0.243 e. The third kappa shape index (κ3) is 4.32. The van der Waals surface area contributed by atoms with Crippen LogP contribution in [0.4, 0.5) is 4.39 Å². The topological polar surface area (TPSA) is 41.5 Å². The largest absolute Gasteiger partial charge is 0.273 e. The average Bonchev–Trinajstić information content (AvgIpc) is 3.35. The Hall–Kier alpha value is -2.49. The molecular weight excluding hydrogens is 315 g/mol. The number of hydrogen-bond donors (Lipinski definition) is 1. The summed E-state index contributed by atoms with van der Waals surface area (Å²) in [6.07, 6.45) is 2.30. The van der Waals surface area contributed by atoms with Crippen LogP contribution in [0.5, 0.6) is 0 Å². The van der Waals surface area contributed by atoms with E-state index in [1.807, 2.05) is 0 Å². The number of hydrogen-bond acceptors (Lipinski definition) is 2. The molecule has 25 heavy (non-hydrogen) atoms. The standard InChI is InChI=1S/C21H23FN2O/c1-21(2,3)16-9-7-15(8-10-16)18-12-19(18)20(25)24-23-13-14-5-4-6-17(22)11-14/h4-11,13,18-19H,12H2,1-3H3,(H,24,25)/b23-13-/t18-,19-/m1/s1. The Morgan fingerprint density at radius 3 is 2.56 bits per heavy atom. The first-order chi connectivity index (χ1) is 11.8. The highest BCUT2D eigenvalue weighted by atomic mass is 19.1. The van der Waals surface area contributed by atoms with Crippen LogP contribution in [0.25, 0.3) is 0 Å². The molecule has 1 N–H and O–H groups in total. The lowest BCUT2D eigenvalue weighted by molar-refractivity contribution is -0.122. The molecule has 1 amide bonds. The lowest BCUT2D eigenvalue weighted by atomic mass is 9.86. The first-order valence-electron chi connectivity index (χ1n) is 8.53. The quantitative estimate of drug-likeness (QED) is 0.652. The van der Waals surface area contributed by atoms with Crippen molar-refractivity contribution in [3.05, 3.63) is 71.0 Å². The highest BCUT2D eigenvalue weighted by Crippen LogP contribution is 2.47. The number of halogens is 1. The molecule has 1 aliphatic carbocycles. The SMILES string of the molecule is CC(C)(C)c1ccc([C@H]2C[C@H]2C(=O)N/N=C\c2cccc(F)c2)cc1. The molecule has 3 nitrogen and oxygen atoms in total. The summed E-state index contributed by atoms with van der Waals surface area (Å²) in [4.78, 5) is 12.2. The maximum Gasteiger partial charge on any atom is 0.243 e. The van der Waals surface area contributed by atoms with Gasteiger partial charge in [-0.3, -0.25) is 4.79 Å². The van der Waals surface area contributed by atoms with Crippen molar-refractivity contribution in [3.63, 3.8) is 0 Å². The number of benzene rings is 2. The van der Waals surface area contributed by atoms with Crippen LogP contribution >= 0.6 is 0 Å². The number of hydrazone groups is 1. The van der Waals surface area contributed by atoms with Gasteiger partial charge < -0.3 is 0 Å². The Labute approximate surface area is 148 Å². The molecule has 0 saturated heterocycles. The Balaban J connectivity index is 1.55. The van der Waals surface area contributed by atoms with E-state index < -0.39 is 0 Å². The van der Waals surface area contributed by atoms with Gasteiger partial charge in [0.1, 0.15) is 5.82 Å². The minimum absolute atomic E-state index is 0.0369. The molecule has 2 aromatic rings. The molecule has 1 saturated carbocycles. The van der Waals surface area contributed by atoms with Crippen molar-refractivity contribution in [1.29, 1.82) is 0 Å². The van der Waals surface area contributed by atoms with Gasteiger partial charge in [0.15, 0.2) is 0 Å². The summed E-state index contributed by atoms with van der Waals surface area (Å²) < 4.78 is 13.1. The average molecular weight is 338 g/mol. The van der Waals surface area contributed by atoms with Crippen LogP contribution in [0, 0.1) is 11.7 Å². The number of nitrogens with one attached hydrogen (secondary N) is 1. The van der Waals surface area contributed by atoms with Gasteiger partial charge in [-0.25, -0.2) is 9.82 Å². The lowest BCUT2D eigenvalue weighted by Gasteiger charge is -2.19. The maximum atomic E-state index is 13.1. The minimum atomic E-state index is -0.323. The Bertz CT molecular complexity index is 790. The molecule has 0 bridgehead atoms. The molecule has 0 spiro atoms. The highest BCUT2D eigenvalue weighted by molar-refractivity contribution is 5.85. The van der Waals surface area contributed by atoms with E-state index in [0.29, 0.717) is 5.56 Å². The fourth-order valence-electron chi connectivity index (χ4n) is 2.92. The van der Waals surface area contributed by atoms with Gasteiger partial charge in [-0.1, -0.05) is 57.2 Å². The third-order valence-corrected chi connectivity index (χ3v) is 4.57. The van der Waals surface area contributed by atoms with Crippen LogP contribution in [-0.4, -0.2) is 12.1 Å². The lowest BCUT2D eigenvalue weighted by Crippen LogP contribution is -2.20. The van der Waals surface area contributed by atoms with Crippen molar-refractivity contribution in [2.24, 2.45) is 11.0 Å². The molecule has 0 heterocycles. The zero-order chi connectivity index (χ0) is 18.0. The van der Waals surface area contributed by atoms with Gasteiger partial charge in [0.2, 0.25) is 5.91 Å². The summed E-state index contributed by atoms with van der Waals surface area (Å²) in [5, 5.41) is 3.93. The van der Waals surface area contributed by atoms with Crippen LogP contribution in [0.3, 0.4) is 0 Å². The first kappa shape index (κ1) is 17.3. The van der Waals surface area contributed by atoms with Crippen molar-refractivity contribution in [2.75, 3.05) is 0 Å². The second kappa shape index (κ2) is 6.79. The second-order valence-electron chi connectivity index (χ2n) is 7.61. The minimum Gasteiger partial charge on any atom is -0.273 e. The number of amides is 1. The summed E-state index contributed by atoms with van der Waals surface area (Å²) in [7, 11) is 0. The number of rotatable bonds is 4. The molecular formula is C21H23FN2O. The van der Waals surface area contributed by atoms with E-state index in [0.717, 1.165) is 6.42 Å². The molecule has 0 aliphatic heterocycles. The normalized spacial score (nSPS) is 19.8. The zero-order valence-corrected chi connectivity index (χ0v) is 14.8. The summed E-state index contributed by atoms with van der Waals surface area (Å²) in [6, 6.07) is 14.6. The van der Waals surface area contributed by atoms with E-state index >= 15 is 0 Å². The van der Waals surface area contributed by atoms with E-state index in [9.17, 15) is 9.18 Å². The van der Waals surface area contributed by atoms with E-state index in [4.69, 9.17) is 0 Å². The summed E-state index contributed by atoms with van der Waals surface area (Å²) in [5.74, 6) is -0.183. The van der Waals surface area contributed by atoms with E-state index in [2.05, 4.69) is 55.6 Å². The van der Waals surface area contributed by atoms with Crippen LogP contribution in [0.1, 0.15) is 49.8 Å². The summed E-state index contributed by atoms with van der Waals surface area (Å²) >= 11 is 0. The predicted molar refractivity (Wildman–Crippen MR) is 98.1 cm³/mol. The van der Waals surface area contributed by atoms with Crippen LogP contribution in [-0.2, 0) is 10.2 Å². The number of nitrogens with zero attached hydrogens (tertiary/aromatic N) is 1. The number of carbonyl (C=O) groups excluding carboxylic acids is 1. The van der Waals surface area contributed by atoms with E-state index in [-0.39, 0.29) is 29.0 Å². The fourth-order valence-corrected chi connectivity index (χ4v) is 2.92. The van der Waals surface area contributed by atoms with Crippen LogP contribution < -0.4 is 5.43 Å². The molecule has 1 aliphatic rings. The van der Waals surface area contributed by atoms with Gasteiger partial charge in [0, 0.05) is 5.92 Å². The maximum absolute atomic E-state index is 13.1. The fraction of sp³-hybridized carbons (Fsp3) is 0.333. The molecule has 0 radical (unpaired) electrons. The van der Waals surface area contributed by atoms with Crippen LogP contribution in [0.15, 0.2) is 53.6 Å². The molecule has 2 aromatic carbocycles. The van der Waals surface area contributed by atoms with Gasteiger partial charge in [-0.05, 0) is 46.6 Å². The monoisotopic (exact) mass is 338 g/mol. The van der Waals surface area contributed by atoms with Crippen molar-refractivity contribution in [2.45, 2.75) is 38.5 Å². The molecule has 0 unspecified atom stereocenters. The molecule has 3 rings (SSSR count). The Morgan fingerprint density at radius 2 is 1.92 bits per heavy atom. The summed E-state index contributed by atoms with van der Waals surface area (Å²) in [5.41, 5.74) is 5.79. The third-order valence-electron chi connectivity index (χ3n) is 4.57. The molecule has 130 valence electrons. The van der Waals surface area contributed by atoms with Gasteiger partial charge in [0.25, 0.3) is 0 Å². The van der Waals surface area contributed by atoms with Crippen molar-refractivity contribution in [3.8, 4) is 0 Å². The van der Waals surface area contributed by atoms with Crippen molar-refractivity contribution in [1.82, 2.24) is 5.43 Å². The van der Waals surface area contributed by atoms with Gasteiger partial charge in [-0.15, -0.1) is 0 Å². The molecule has 4 heteroatoms. The van der Waals surface area contributed by atoms with Crippen molar-refractivity contribution >= 4 is 12.1 Å². The molecule has 0 aromatic heterocycles. The Kier molecular flexibility index (Phi) is 4.71. The highest BCUT2D eigenvalue weighted by Gasteiger charge is 2.43. The van der Waals surface area contributed by atoms with E-state index in [1.54, 1.807) is 12.1 Å². The summed E-state index contributed by atoms with van der Waals surface area (Å²) in [6.45, 7) is 6.56. The predicted octanol–water partition coefficient (Wildman–Crippen LogP) is 4.38. The molecule has 2 atom stereocenters. The van der Waals surface area contributed by atoms with Gasteiger partial charge in [-0.2, -0.15) is 5.10 Å². The van der Waals surface area contributed by atoms with Crippen molar-refractivity contribution < 1.29 is 9.18 Å². The second-order valence-corrected chi connectivity index (χ2v) is 7.61. The van der Waals surface area contributed by atoms with Gasteiger partial charge >= 0.3 is 0 Å². The van der Waals surface area contributed by atoms with Crippen LogP contribution in [0.2, 0.25) is 0 Å². The first-order valence-corrected chi connectivity index (χ1v) is 8.53. The van der Waals surface area contributed by atoms with Gasteiger partial charge in [0.05, 0.1) is 6.21 Å². The number of carbonyl (C=O) groups is 1. The zero-order valence-electron chi connectivity index (χ0n) is 14.8. The molecule has 1 fully saturated rings. The Morgan fingerprint density at radius 1 is 1.20 bits per heavy atom. The van der Waals surface area contributed by atoms with E-state index in [1.165, 1.54) is 29.5 Å².